The van der Waals surface area contributed by atoms with Gasteiger partial charge in [-0.05, 0) is 37.1 Å². The number of benzene rings is 1. The molecule has 0 aliphatic rings. The van der Waals surface area contributed by atoms with E-state index in [2.05, 4.69) is 4.72 Å². The minimum absolute atomic E-state index is 0.0160. The molecule has 0 aromatic heterocycles. The van der Waals surface area contributed by atoms with Crippen molar-refractivity contribution in [2.24, 2.45) is 0 Å². The van der Waals surface area contributed by atoms with Crippen molar-refractivity contribution < 1.29 is 32.6 Å². The molecule has 0 atom stereocenters. The molecule has 2 N–H and O–H groups in total. The van der Waals surface area contributed by atoms with E-state index in [0.29, 0.717) is 5.56 Å². The largest absolute Gasteiger partial charge is 0.481 e. The maximum Gasteiger partial charge on any atom is 0.338 e. The van der Waals surface area contributed by atoms with Gasteiger partial charge in [0.1, 0.15) is 0 Å². The summed E-state index contributed by atoms with van der Waals surface area (Å²) in [6, 6.07) is 4.12. The van der Waals surface area contributed by atoms with Gasteiger partial charge in [-0.2, -0.15) is 0 Å². The zero-order chi connectivity index (χ0) is 18.2. The number of nitrogens with one attached hydrogen (secondary N) is 1. The third-order valence-electron chi connectivity index (χ3n) is 2.96. The van der Waals surface area contributed by atoms with Gasteiger partial charge in [0, 0.05) is 20.1 Å². The zero-order valence-corrected chi connectivity index (χ0v) is 14.4. The SMILES string of the molecule is CCOC(=O)c1cc(COC)cc(S(=O)(=O)NCCCC(=O)O)c1. The van der Waals surface area contributed by atoms with Crippen molar-refractivity contribution in [1.29, 1.82) is 0 Å². The summed E-state index contributed by atoms with van der Waals surface area (Å²) in [7, 11) is -2.42. The average Bonchev–Trinajstić information content (AvgIpc) is 2.52. The number of aliphatic carboxylic acids is 1. The van der Waals surface area contributed by atoms with Crippen LogP contribution in [-0.2, 0) is 30.9 Å². The second kappa shape index (κ2) is 9.36. The van der Waals surface area contributed by atoms with Crippen LogP contribution in [0.25, 0.3) is 0 Å². The standard InChI is InChI=1S/C15H21NO7S/c1-3-23-15(19)12-7-11(10-22-2)8-13(9-12)24(20,21)16-6-4-5-14(17)18/h7-9,16H,3-6,10H2,1-2H3,(H,17,18). The Morgan fingerprint density at radius 1 is 1.25 bits per heavy atom. The summed E-state index contributed by atoms with van der Waals surface area (Å²) >= 11 is 0. The summed E-state index contributed by atoms with van der Waals surface area (Å²) < 4.78 is 36.8. The molecule has 0 saturated heterocycles. The predicted molar refractivity (Wildman–Crippen MR) is 85.2 cm³/mol. The number of esters is 1. The van der Waals surface area contributed by atoms with E-state index >= 15 is 0 Å². The van der Waals surface area contributed by atoms with Gasteiger partial charge in [-0.1, -0.05) is 0 Å². The quantitative estimate of drug-likeness (QED) is 0.475. The number of carbonyl (C=O) groups excluding carboxylic acids is 1. The van der Waals surface area contributed by atoms with Gasteiger partial charge in [-0.15, -0.1) is 0 Å². The van der Waals surface area contributed by atoms with E-state index in [-0.39, 0.29) is 43.1 Å². The Kier molecular flexibility index (Phi) is 7.83. The highest BCUT2D eigenvalue weighted by molar-refractivity contribution is 7.89. The number of methoxy groups -OCH3 is 1. The normalized spacial score (nSPS) is 11.2. The van der Waals surface area contributed by atoms with Crippen LogP contribution in [0, 0.1) is 0 Å². The number of ether oxygens (including phenoxy) is 2. The molecule has 0 amide bonds. The van der Waals surface area contributed by atoms with Gasteiger partial charge < -0.3 is 14.6 Å². The topological polar surface area (TPSA) is 119 Å². The van der Waals surface area contributed by atoms with Gasteiger partial charge in [0.05, 0.1) is 23.7 Å². The smallest absolute Gasteiger partial charge is 0.338 e. The van der Waals surface area contributed by atoms with Crippen LogP contribution < -0.4 is 4.72 Å². The van der Waals surface area contributed by atoms with Crippen molar-refractivity contribution in [3.63, 3.8) is 0 Å². The van der Waals surface area contributed by atoms with Gasteiger partial charge in [0.2, 0.25) is 10.0 Å². The van der Waals surface area contributed by atoms with Crippen molar-refractivity contribution in [1.82, 2.24) is 4.72 Å². The van der Waals surface area contributed by atoms with E-state index < -0.39 is 22.0 Å². The molecule has 0 radical (unpaired) electrons. The Labute approximate surface area is 140 Å². The van der Waals surface area contributed by atoms with E-state index in [1.165, 1.54) is 25.3 Å². The Balaban J connectivity index is 3.02. The van der Waals surface area contributed by atoms with E-state index in [0.717, 1.165) is 0 Å². The summed E-state index contributed by atoms with van der Waals surface area (Å²) in [4.78, 5) is 22.2. The second-order valence-corrected chi connectivity index (χ2v) is 6.68. The first kappa shape index (κ1) is 20.1. The second-order valence-electron chi connectivity index (χ2n) is 4.91. The molecule has 0 fully saturated rings. The lowest BCUT2D eigenvalue weighted by atomic mass is 10.1. The first-order valence-corrected chi connectivity index (χ1v) is 8.80. The van der Waals surface area contributed by atoms with Gasteiger partial charge >= 0.3 is 11.9 Å². The molecular formula is C15H21NO7S. The predicted octanol–water partition coefficient (Wildman–Crippen LogP) is 1.15. The van der Waals surface area contributed by atoms with Crippen LogP contribution in [0.15, 0.2) is 23.1 Å². The summed E-state index contributed by atoms with van der Waals surface area (Å²) in [5.41, 5.74) is 0.617. The molecule has 8 nitrogen and oxygen atoms in total. The van der Waals surface area contributed by atoms with Gasteiger partial charge in [-0.3, -0.25) is 4.79 Å². The molecule has 0 spiro atoms. The lowest BCUT2D eigenvalue weighted by molar-refractivity contribution is -0.137. The lowest BCUT2D eigenvalue weighted by Gasteiger charge is -2.11. The number of rotatable bonds is 10. The van der Waals surface area contributed by atoms with Crippen LogP contribution in [-0.4, -0.2) is 45.7 Å². The molecule has 0 bridgehead atoms. The fourth-order valence-corrected chi connectivity index (χ4v) is 3.10. The third-order valence-corrected chi connectivity index (χ3v) is 4.40. The first-order valence-electron chi connectivity index (χ1n) is 7.31. The summed E-state index contributed by atoms with van der Waals surface area (Å²) in [5.74, 6) is -1.63. The zero-order valence-electron chi connectivity index (χ0n) is 13.6. The molecule has 0 unspecified atom stereocenters. The van der Waals surface area contributed by atoms with Crippen LogP contribution in [0.2, 0.25) is 0 Å². The summed E-state index contributed by atoms with van der Waals surface area (Å²) in [6.07, 6.45) is 0.0252. The van der Waals surface area contributed by atoms with Gasteiger partial charge in [-0.25, -0.2) is 17.9 Å². The minimum atomic E-state index is -3.88. The van der Waals surface area contributed by atoms with Crippen molar-refractivity contribution in [3.8, 4) is 0 Å². The first-order chi connectivity index (χ1) is 11.3. The monoisotopic (exact) mass is 359 g/mol. The minimum Gasteiger partial charge on any atom is -0.481 e. The molecule has 1 rings (SSSR count). The molecule has 0 saturated carbocycles. The number of carbonyl (C=O) groups is 2. The molecule has 24 heavy (non-hydrogen) atoms. The van der Waals surface area contributed by atoms with E-state index in [1.54, 1.807) is 6.92 Å². The van der Waals surface area contributed by atoms with Crippen LogP contribution in [0.3, 0.4) is 0 Å². The van der Waals surface area contributed by atoms with Crippen molar-refractivity contribution in [3.05, 3.63) is 29.3 Å². The average molecular weight is 359 g/mol. The summed E-state index contributed by atoms with van der Waals surface area (Å²) in [5, 5.41) is 8.56. The van der Waals surface area contributed by atoms with Crippen LogP contribution >= 0.6 is 0 Å². The number of carboxylic acid groups (broad SMARTS) is 1. The molecule has 0 aliphatic heterocycles. The molecule has 9 heteroatoms. The number of hydrogen-bond acceptors (Lipinski definition) is 6. The highest BCUT2D eigenvalue weighted by Crippen LogP contribution is 2.17. The number of sulfonamides is 1. The number of hydrogen-bond donors (Lipinski definition) is 2. The van der Waals surface area contributed by atoms with E-state index in [1.807, 2.05) is 0 Å². The fraction of sp³-hybridized carbons (Fsp3) is 0.467. The van der Waals surface area contributed by atoms with Crippen LogP contribution in [0.1, 0.15) is 35.7 Å². The Morgan fingerprint density at radius 2 is 1.96 bits per heavy atom. The van der Waals surface area contributed by atoms with E-state index in [9.17, 15) is 18.0 Å². The Hall–Kier alpha value is -1.97. The molecular weight excluding hydrogens is 338 g/mol. The Bertz CT molecular complexity index is 685. The van der Waals surface area contributed by atoms with Crippen molar-refractivity contribution in [2.75, 3.05) is 20.3 Å². The van der Waals surface area contributed by atoms with Gasteiger partial charge in [0.15, 0.2) is 0 Å². The highest BCUT2D eigenvalue weighted by Gasteiger charge is 2.18. The van der Waals surface area contributed by atoms with Crippen molar-refractivity contribution in [2.45, 2.75) is 31.3 Å². The molecule has 0 aliphatic carbocycles. The summed E-state index contributed by atoms with van der Waals surface area (Å²) in [6.45, 7) is 1.94. The maximum absolute atomic E-state index is 12.3. The fourth-order valence-electron chi connectivity index (χ4n) is 1.93. The Morgan fingerprint density at radius 3 is 2.54 bits per heavy atom. The molecule has 1 aromatic rings. The maximum atomic E-state index is 12.3. The van der Waals surface area contributed by atoms with Gasteiger partial charge in [0.25, 0.3) is 0 Å². The molecule has 134 valence electrons. The number of carboxylic acids is 1. The van der Waals surface area contributed by atoms with Crippen LogP contribution in [0.5, 0.6) is 0 Å². The highest BCUT2D eigenvalue weighted by atomic mass is 32.2. The van der Waals surface area contributed by atoms with Crippen LogP contribution in [0.4, 0.5) is 0 Å². The van der Waals surface area contributed by atoms with Crippen molar-refractivity contribution >= 4 is 22.0 Å². The lowest BCUT2D eigenvalue weighted by Crippen LogP contribution is -2.25. The molecule has 1 aromatic carbocycles. The van der Waals surface area contributed by atoms with E-state index in [4.69, 9.17) is 14.6 Å². The molecule has 0 heterocycles. The third kappa shape index (κ3) is 6.26.